The van der Waals surface area contributed by atoms with Crippen molar-refractivity contribution in [3.8, 4) is 22.4 Å². The molecule has 1 N–H and O–H groups in total. The fraction of sp³-hybridized carbons (Fsp3) is 0. The van der Waals surface area contributed by atoms with Crippen molar-refractivity contribution in [1.29, 1.82) is 0 Å². The van der Waals surface area contributed by atoms with Crippen molar-refractivity contribution < 1.29 is 12.8 Å². The van der Waals surface area contributed by atoms with Gasteiger partial charge in [0.05, 0.1) is 16.1 Å². The van der Waals surface area contributed by atoms with E-state index >= 15 is 0 Å². The van der Waals surface area contributed by atoms with Crippen molar-refractivity contribution in [2.45, 2.75) is 4.90 Å². The molecule has 0 bridgehead atoms. The van der Waals surface area contributed by atoms with Gasteiger partial charge in [0.15, 0.2) is 0 Å². The SMILES string of the molecule is O=S(=O)(Nc1ccncn1)c1ccc2c(-c3ccc(-c4cccc(F)c4)cc3)ncnc2c1. The average molecular weight is 457 g/mol. The minimum absolute atomic E-state index is 0.0553. The number of halogens is 1. The second-order valence-electron chi connectivity index (χ2n) is 7.19. The number of fused-ring (bicyclic) bond motifs is 1. The predicted octanol–water partition coefficient (Wildman–Crippen LogP) is 4.69. The van der Waals surface area contributed by atoms with Gasteiger partial charge in [-0.15, -0.1) is 0 Å². The lowest BCUT2D eigenvalue weighted by atomic mass is 10.0. The van der Waals surface area contributed by atoms with Gasteiger partial charge in [0.25, 0.3) is 10.0 Å². The van der Waals surface area contributed by atoms with Crippen LogP contribution in [0.4, 0.5) is 10.2 Å². The predicted molar refractivity (Wildman–Crippen MR) is 123 cm³/mol. The van der Waals surface area contributed by atoms with Gasteiger partial charge in [0, 0.05) is 17.1 Å². The van der Waals surface area contributed by atoms with E-state index in [1.807, 2.05) is 30.3 Å². The van der Waals surface area contributed by atoms with Gasteiger partial charge in [-0.2, -0.15) is 0 Å². The Morgan fingerprint density at radius 2 is 1.58 bits per heavy atom. The van der Waals surface area contributed by atoms with Crippen LogP contribution in [0.1, 0.15) is 0 Å². The molecule has 5 rings (SSSR count). The molecule has 0 saturated heterocycles. The summed E-state index contributed by atoms with van der Waals surface area (Å²) in [4.78, 5) is 16.4. The number of rotatable bonds is 5. The molecule has 7 nitrogen and oxygen atoms in total. The monoisotopic (exact) mass is 457 g/mol. The van der Waals surface area contributed by atoms with Crippen LogP contribution in [-0.2, 0) is 10.0 Å². The highest BCUT2D eigenvalue weighted by Crippen LogP contribution is 2.29. The second kappa shape index (κ2) is 8.36. The van der Waals surface area contributed by atoms with Gasteiger partial charge in [-0.05, 0) is 47.5 Å². The molecule has 162 valence electrons. The van der Waals surface area contributed by atoms with Gasteiger partial charge in [0.2, 0.25) is 0 Å². The Hall–Kier alpha value is -4.24. The maximum Gasteiger partial charge on any atom is 0.263 e. The molecule has 0 atom stereocenters. The molecule has 5 aromatic rings. The van der Waals surface area contributed by atoms with E-state index in [1.165, 1.54) is 49.2 Å². The van der Waals surface area contributed by atoms with E-state index in [9.17, 15) is 12.8 Å². The van der Waals surface area contributed by atoms with Gasteiger partial charge in [-0.25, -0.2) is 32.7 Å². The minimum Gasteiger partial charge on any atom is -0.263 e. The first kappa shape index (κ1) is 20.7. The lowest BCUT2D eigenvalue weighted by Gasteiger charge is -2.10. The fourth-order valence-electron chi connectivity index (χ4n) is 3.47. The molecule has 0 radical (unpaired) electrons. The van der Waals surface area contributed by atoms with Crippen molar-refractivity contribution >= 4 is 26.7 Å². The number of hydrogen-bond donors (Lipinski definition) is 1. The Morgan fingerprint density at radius 1 is 0.758 bits per heavy atom. The number of aromatic nitrogens is 4. The quantitative estimate of drug-likeness (QED) is 0.411. The van der Waals surface area contributed by atoms with Gasteiger partial charge < -0.3 is 0 Å². The molecule has 9 heteroatoms. The third-order valence-corrected chi connectivity index (χ3v) is 6.41. The molecule has 2 aromatic heterocycles. The van der Waals surface area contributed by atoms with Crippen LogP contribution in [0.2, 0.25) is 0 Å². The van der Waals surface area contributed by atoms with Crippen molar-refractivity contribution in [3.05, 3.63) is 97.5 Å². The van der Waals surface area contributed by atoms with E-state index in [-0.39, 0.29) is 16.5 Å². The average Bonchev–Trinajstić information content (AvgIpc) is 2.84. The summed E-state index contributed by atoms with van der Waals surface area (Å²) in [5.74, 6) is -0.120. The first-order valence-electron chi connectivity index (χ1n) is 9.90. The first-order valence-corrected chi connectivity index (χ1v) is 11.4. The Balaban J connectivity index is 1.49. The lowest BCUT2D eigenvalue weighted by molar-refractivity contribution is 0.601. The molecule has 33 heavy (non-hydrogen) atoms. The smallest absolute Gasteiger partial charge is 0.263 e. The third-order valence-electron chi connectivity index (χ3n) is 5.06. The summed E-state index contributed by atoms with van der Waals surface area (Å²) in [6.45, 7) is 0. The zero-order valence-corrected chi connectivity index (χ0v) is 17.9. The van der Waals surface area contributed by atoms with Crippen LogP contribution in [0.15, 0.2) is 96.5 Å². The zero-order valence-electron chi connectivity index (χ0n) is 17.1. The van der Waals surface area contributed by atoms with Gasteiger partial charge in [-0.3, -0.25) is 4.72 Å². The van der Waals surface area contributed by atoms with Crippen LogP contribution in [0.3, 0.4) is 0 Å². The van der Waals surface area contributed by atoms with E-state index in [1.54, 1.807) is 12.1 Å². The summed E-state index contributed by atoms with van der Waals surface area (Å²) in [5.41, 5.74) is 3.64. The van der Waals surface area contributed by atoms with Crippen LogP contribution in [-0.4, -0.2) is 28.4 Å². The van der Waals surface area contributed by atoms with E-state index in [0.717, 1.165) is 16.7 Å². The zero-order chi connectivity index (χ0) is 22.8. The van der Waals surface area contributed by atoms with E-state index < -0.39 is 10.0 Å². The molecule has 0 saturated carbocycles. The molecule has 0 fully saturated rings. The van der Waals surface area contributed by atoms with E-state index in [0.29, 0.717) is 16.6 Å². The Bertz CT molecular complexity index is 1560. The lowest BCUT2D eigenvalue weighted by Crippen LogP contribution is -2.14. The Labute approximate surface area is 189 Å². The summed E-state index contributed by atoms with van der Waals surface area (Å²) in [7, 11) is -3.85. The molecule has 3 aromatic carbocycles. The minimum atomic E-state index is -3.85. The third kappa shape index (κ3) is 4.26. The molecular weight excluding hydrogens is 441 g/mol. The van der Waals surface area contributed by atoms with Crippen molar-refractivity contribution in [2.75, 3.05) is 4.72 Å². The number of sulfonamides is 1. The number of nitrogens with zero attached hydrogens (tertiary/aromatic N) is 4. The maximum absolute atomic E-state index is 13.5. The standard InChI is InChI=1S/C24H16FN5O2S/c25-19-3-1-2-18(12-19)16-4-6-17(7-5-16)24-21-9-8-20(13-22(21)27-15-29-24)33(31,32)30-23-10-11-26-14-28-23/h1-15H,(H,26,28,30). The second-order valence-corrected chi connectivity index (χ2v) is 8.87. The highest BCUT2D eigenvalue weighted by Gasteiger charge is 2.17. The largest absolute Gasteiger partial charge is 0.263 e. The number of hydrogen-bond acceptors (Lipinski definition) is 6. The van der Waals surface area contributed by atoms with Gasteiger partial charge in [-0.1, -0.05) is 36.4 Å². The topological polar surface area (TPSA) is 97.7 Å². The summed E-state index contributed by atoms with van der Waals surface area (Å²) in [5, 5.41) is 0.706. The van der Waals surface area contributed by atoms with Crippen LogP contribution in [0, 0.1) is 5.82 Å². The van der Waals surface area contributed by atoms with Crippen molar-refractivity contribution in [1.82, 2.24) is 19.9 Å². The van der Waals surface area contributed by atoms with Crippen LogP contribution < -0.4 is 4.72 Å². The molecule has 0 spiro atoms. The Morgan fingerprint density at radius 3 is 2.33 bits per heavy atom. The highest BCUT2D eigenvalue weighted by atomic mass is 32.2. The fourth-order valence-corrected chi connectivity index (χ4v) is 4.50. The molecule has 0 unspecified atom stereocenters. The molecule has 2 heterocycles. The molecule has 0 aliphatic carbocycles. The number of nitrogens with one attached hydrogen (secondary N) is 1. The number of benzene rings is 3. The molecule has 0 aliphatic rings. The van der Waals surface area contributed by atoms with E-state index in [4.69, 9.17) is 0 Å². The van der Waals surface area contributed by atoms with Crippen LogP contribution in [0.25, 0.3) is 33.3 Å². The summed E-state index contributed by atoms with van der Waals surface area (Å²) < 4.78 is 41.5. The van der Waals surface area contributed by atoms with Crippen LogP contribution in [0.5, 0.6) is 0 Å². The summed E-state index contributed by atoms with van der Waals surface area (Å²) in [6.07, 6.45) is 4.11. The highest BCUT2D eigenvalue weighted by molar-refractivity contribution is 7.92. The molecule has 0 amide bonds. The summed E-state index contributed by atoms with van der Waals surface area (Å²) in [6, 6.07) is 20.1. The van der Waals surface area contributed by atoms with Crippen molar-refractivity contribution in [3.63, 3.8) is 0 Å². The van der Waals surface area contributed by atoms with E-state index in [2.05, 4.69) is 24.7 Å². The molecule has 0 aliphatic heterocycles. The number of anilines is 1. The first-order chi connectivity index (χ1) is 16.0. The summed E-state index contributed by atoms with van der Waals surface area (Å²) >= 11 is 0. The van der Waals surface area contributed by atoms with Crippen molar-refractivity contribution in [2.24, 2.45) is 0 Å². The van der Waals surface area contributed by atoms with Gasteiger partial charge >= 0.3 is 0 Å². The van der Waals surface area contributed by atoms with Crippen LogP contribution >= 0.6 is 0 Å². The Kier molecular flexibility index (Phi) is 5.23. The molecular formula is C24H16FN5O2S. The normalized spacial score (nSPS) is 11.4. The van der Waals surface area contributed by atoms with Gasteiger partial charge in [0.1, 0.15) is 24.3 Å². The maximum atomic E-state index is 13.5.